The Hall–Kier alpha value is -2.58. The number of aromatic nitrogens is 6. The van der Waals surface area contributed by atoms with E-state index in [0.717, 1.165) is 31.2 Å². The number of hydrogen-bond donors (Lipinski definition) is 1. The average molecular weight is 374 g/mol. The summed E-state index contributed by atoms with van der Waals surface area (Å²) in [4.78, 5) is 4.57. The monoisotopic (exact) mass is 373 g/mol. The number of tetrazole rings is 1. The summed E-state index contributed by atoms with van der Waals surface area (Å²) in [6, 6.07) is 9.85. The van der Waals surface area contributed by atoms with Crippen LogP contribution in [0.2, 0.25) is 0 Å². The van der Waals surface area contributed by atoms with Crippen LogP contribution in [0.5, 0.6) is 0 Å². The Morgan fingerprint density at radius 3 is 2.62 bits per heavy atom. The average Bonchev–Trinajstić information content (AvgIpc) is 3.35. The van der Waals surface area contributed by atoms with Crippen LogP contribution in [0.4, 0.5) is 0 Å². The molecule has 9 heteroatoms. The van der Waals surface area contributed by atoms with Gasteiger partial charge in [-0.25, -0.2) is 0 Å². The third kappa shape index (κ3) is 3.38. The van der Waals surface area contributed by atoms with Crippen molar-refractivity contribution in [2.45, 2.75) is 38.1 Å². The first-order valence-corrected chi connectivity index (χ1v) is 8.31. The maximum atomic E-state index is 6.44. The molecule has 4 rings (SSSR count). The third-order valence-corrected chi connectivity index (χ3v) is 4.54. The van der Waals surface area contributed by atoms with Gasteiger partial charge in [0.25, 0.3) is 5.89 Å². The van der Waals surface area contributed by atoms with Crippen molar-refractivity contribution in [3.63, 3.8) is 0 Å². The van der Waals surface area contributed by atoms with Crippen LogP contribution in [-0.4, -0.2) is 30.3 Å². The highest BCUT2D eigenvalue weighted by atomic mass is 35.5. The molecule has 3 aromatic rings. The molecule has 0 radical (unpaired) electrons. The lowest BCUT2D eigenvalue weighted by Crippen LogP contribution is -2.34. The lowest BCUT2D eigenvalue weighted by Gasteiger charge is -2.17. The Bertz CT molecular complexity index is 897. The highest BCUT2D eigenvalue weighted by Gasteiger charge is 2.36. The van der Waals surface area contributed by atoms with Crippen molar-refractivity contribution in [1.82, 2.24) is 30.3 Å². The highest BCUT2D eigenvalue weighted by molar-refractivity contribution is 5.85. The van der Waals surface area contributed by atoms with Gasteiger partial charge in [-0.15, -0.1) is 17.5 Å². The minimum atomic E-state index is -0.505. The maximum Gasteiger partial charge on any atom is 0.276 e. The lowest BCUT2D eigenvalue weighted by molar-refractivity contribution is 0.361. The normalized spacial score (nSPS) is 16.5. The molecule has 1 aromatic carbocycles. The number of benzene rings is 1. The molecule has 2 heterocycles. The van der Waals surface area contributed by atoms with Crippen molar-refractivity contribution >= 4 is 24.2 Å². The SMILES string of the molecule is Cc1nnnn1/C(=C/c1ccccc1)c1nc(C2(N)CCCC2)no1.Cl. The zero-order valence-electron chi connectivity index (χ0n) is 14.4. The van der Waals surface area contributed by atoms with Gasteiger partial charge in [0, 0.05) is 0 Å². The van der Waals surface area contributed by atoms with Gasteiger partial charge in [-0.05, 0) is 41.8 Å². The van der Waals surface area contributed by atoms with Crippen molar-refractivity contribution in [3.05, 3.63) is 53.4 Å². The lowest BCUT2D eigenvalue weighted by atomic mass is 9.99. The van der Waals surface area contributed by atoms with E-state index in [4.69, 9.17) is 10.3 Å². The molecule has 0 bridgehead atoms. The van der Waals surface area contributed by atoms with Gasteiger partial charge in [0.2, 0.25) is 0 Å². The molecular weight excluding hydrogens is 354 g/mol. The summed E-state index contributed by atoms with van der Waals surface area (Å²) in [7, 11) is 0. The van der Waals surface area contributed by atoms with E-state index in [2.05, 4.69) is 25.7 Å². The van der Waals surface area contributed by atoms with E-state index >= 15 is 0 Å². The number of aryl methyl sites for hydroxylation is 1. The van der Waals surface area contributed by atoms with E-state index in [0.29, 0.717) is 23.2 Å². The number of rotatable bonds is 4. The van der Waals surface area contributed by atoms with Crippen LogP contribution in [0.25, 0.3) is 11.8 Å². The fourth-order valence-corrected chi connectivity index (χ4v) is 3.13. The summed E-state index contributed by atoms with van der Waals surface area (Å²) in [5.74, 6) is 1.53. The van der Waals surface area contributed by atoms with Gasteiger partial charge in [0.05, 0.1) is 5.54 Å². The Labute approximate surface area is 156 Å². The molecule has 136 valence electrons. The molecule has 0 atom stereocenters. The number of nitrogens with two attached hydrogens (primary N) is 1. The summed E-state index contributed by atoms with van der Waals surface area (Å²) in [5, 5.41) is 15.8. The Balaban J connectivity index is 0.00000196. The molecule has 0 amide bonds. The molecule has 2 N–H and O–H groups in total. The topological polar surface area (TPSA) is 109 Å². The first-order valence-electron chi connectivity index (χ1n) is 8.31. The number of nitrogens with zero attached hydrogens (tertiary/aromatic N) is 6. The third-order valence-electron chi connectivity index (χ3n) is 4.54. The minimum Gasteiger partial charge on any atom is -0.332 e. The molecule has 1 fully saturated rings. The van der Waals surface area contributed by atoms with Gasteiger partial charge < -0.3 is 10.3 Å². The fourth-order valence-electron chi connectivity index (χ4n) is 3.13. The van der Waals surface area contributed by atoms with Crippen LogP contribution in [0.1, 0.15) is 48.8 Å². The van der Waals surface area contributed by atoms with E-state index < -0.39 is 5.54 Å². The molecule has 1 aliphatic rings. The van der Waals surface area contributed by atoms with Gasteiger partial charge in [-0.3, -0.25) is 0 Å². The van der Waals surface area contributed by atoms with Crippen LogP contribution in [-0.2, 0) is 5.54 Å². The van der Waals surface area contributed by atoms with E-state index in [1.54, 1.807) is 4.68 Å². The minimum absolute atomic E-state index is 0. The van der Waals surface area contributed by atoms with Gasteiger partial charge in [-0.2, -0.15) is 9.67 Å². The van der Waals surface area contributed by atoms with Crippen molar-refractivity contribution < 1.29 is 4.52 Å². The van der Waals surface area contributed by atoms with E-state index in [1.165, 1.54) is 0 Å². The second-order valence-corrected chi connectivity index (χ2v) is 6.36. The first-order chi connectivity index (χ1) is 12.2. The molecule has 2 aromatic heterocycles. The van der Waals surface area contributed by atoms with Crippen LogP contribution in [0.15, 0.2) is 34.9 Å². The van der Waals surface area contributed by atoms with Crippen molar-refractivity contribution in [3.8, 4) is 0 Å². The Kier molecular flexibility index (Phi) is 5.15. The van der Waals surface area contributed by atoms with E-state index in [9.17, 15) is 0 Å². The predicted molar refractivity (Wildman–Crippen MR) is 98.1 cm³/mol. The van der Waals surface area contributed by atoms with E-state index in [-0.39, 0.29) is 12.4 Å². The molecule has 26 heavy (non-hydrogen) atoms. The van der Waals surface area contributed by atoms with Crippen LogP contribution < -0.4 is 5.73 Å². The fraction of sp³-hybridized carbons (Fsp3) is 0.353. The maximum absolute atomic E-state index is 6.44. The molecular formula is C17H20ClN7O. The molecule has 0 saturated heterocycles. The van der Waals surface area contributed by atoms with Crippen LogP contribution in [0.3, 0.4) is 0 Å². The standard InChI is InChI=1S/C17H19N7O.ClH/c1-12-20-22-23-24(12)14(11-13-7-3-2-4-8-13)15-19-16(21-25-15)17(18)9-5-6-10-17;/h2-4,7-8,11H,5-6,9-10,18H2,1H3;1H/b14-11+;. The molecule has 0 unspecified atom stereocenters. The van der Waals surface area contributed by atoms with E-state index in [1.807, 2.05) is 43.3 Å². The highest BCUT2D eigenvalue weighted by Crippen LogP contribution is 2.35. The Morgan fingerprint density at radius 2 is 1.96 bits per heavy atom. The smallest absolute Gasteiger partial charge is 0.276 e. The van der Waals surface area contributed by atoms with Gasteiger partial charge in [0.15, 0.2) is 11.6 Å². The summed E-state index contributed by atoms with van der Waals surface area (Å²) in [6.07, 6.45) is 5.82. The second kappa shape index (κ2) is 7.35. The second-order valence-electron chi connectivity index (χ2n) is 6.36. The number of hydrogen-bond acceptors (Lipinski definition) is 7. The van der Waals surface area contributed by atoms with Gasteiger partial charge in [0.1, 0.15) is 5.70 Å². The molecule has 0 aliphatic heterocycles. The van der Waals surface area contributed by atoms with Crippen LogP contribution >= 0.6 is 12.4 Å². The molecule has 1 aliphatic carbocycles. The molecule has 8 nitrogen and oxygen atoms in total. The van der Waals surface area contributed by atoms with Crippen molar-refractivity contribution in [2.75, 3.05) is 0 Å². The zero-order chi connectivity index (χ0) is 17.3. The van der Waals surface area contributed by atoms with Gasteiger partial charge >= 0.3 is 0 Å². The molecule has 0 spiro atoms. The van der Waals surface area contributed by atoms with Crippen molar-refractivity contribution in [1.29, 1.82) is 0 Å². The summed E-state index contributed by atoms with van der Waals surface area (Å²) < 4.78 is 7.12. The largest absolute Gasteiger partial charge is 0.332 e. The summed E-state index contributed by atoms with van der Waals surface area (Å²) in [6.45, 7) is 1.82. The first kappa shape index (κ1) is 18.2. The van der Waals surface area contributed by atoms with Gasteiger partial charge in [-0.1, -0.05) is 48.3 Å². The van der Waals surface area contributed by atoms with Crippen molar-refractivity contribution in [2.24, 2.45) is 5.73 Å². The summed E-state index contributed by atoms with van der Waals surface area (Å²) in [5.41, 5.74) is 7.54. The zero-order valence-corrected chi connectivity index (χ0v) is 15.2. The quantitative estimate of drug-likeness (QED) is 0.748. The Morgan fingerprint density at radius 1 is 1.23 bits per heavy atom. The summed E-state index contributed by atoms with van der Waals surface area (Å²) >= 11 is 0. The predicted octanol–water partition coefficient (Wildman–Crippen LogP) is 2.56. The molecule has 1 saturated carbocycles. The van der Waals surface area contributed by atoms with Crippen LogP contribution in [0, 0.1) is 6.92 Å². The number of halogens is 1.